The normalized spacial score (nSPS) is 13.1. The van der Waals surface area contributed by atoms with Crippen molar-refractivity contribution in [1.29, 1.82) is 0 Å². The second kappa shape index (κ2) is 12.6. The van der Waals surface area contributed by atoms with Crippen molar-refractivity contribution < 1.29 is 0 Å². The van der Waals surface area contributed by atoms with E-state index in [9.17, 15) is 0 Å². The maximum Gasteiger partial charge on any atom is 0.164 e. The predicted octanol–water partition coefficient (Wildman–Crippen LogP) is 13.5. The van der Waals surface area contributed by atoms with Gasteiger partial charge >= 0.3 is 0 Å². The van der Waals surface area contributed by atoms with E-state index in [1.807, 2.05) is 0 Å². The van der Waals surface area contributed by atoms with E-state index in [4.69, 9.17) is 15.0 Å². The largest absolute Gasteiger partial charge is 0.208 e. The summed E-state index contributed by atoms with van der Waals surface area (Å²) in [7, 11) is 0. The lowest BCUT2D eigenvalue weighted by atomic mass is 9.81. The van der Waals surface area contributed by atoms with Crippen LogP contribution in [0.4, 0.5) is 0 Å². The third-order valence-electron chi connectivity index (χ3n) is 11.5. The lowest BCUT2D eigenvalue weighted by Crippen LogP contribution is -2.04. The van der Waals surface area contributed by atoms with Gasteiger partial charge in [-0.15, -0.1) is 0 Å². The molecule has 3 nitrogen and oxygen atoms in total. The highest BCUT2D eigenvalue weighted by Crippen LogP contribution is 2.58. The summed E-state index contributed by atoms with van der Waals surface area (Å²) >= 11 is 0. The first-order chi connectivity index (χ1) is 26.5. The van der Waals surface area contributed by atoms with E-state index in [1.54, 1.807) is 0 Å². The van der Waals surface area contributed by atoms with Gasteiger partial charge in [0.1, 0.15) is 0 Å². The molecule has 0 radical (unpaired) electrons. The van der Waals surface area contributed by atoms with Crippen LogP contribution in [0.15, 0.2) is 140 Å². The first kappa shape index (κ1) is 32.2. The Labute approximate surface area is 316 Å². The summed E-state index contributed by atoms with van der Waals surface area (Å²) in [5.41, 5.74) is 18.2. The third kappa shape index (κ3) is 4.92. The number of hydrogen-bond acceptors (Lipinski definition) is 3. The van der Waals surface area contributed by atoms with Crippen LogP contribution in [0.2, 0.25) is 0 Å². The highest BCUT2D eigenvalue weighted by molar-refractivity contribution is 6.27. The molecule has 0 N–H and O–H groups in total. The Morgan fingerprint density at radius 3 is 1.56 bits per heavy atom. The zero-order valence-electron chi connectivity index (χ0n) is 31.0. The van der Waals surface area contributed by atoms with Gasteiger partial charge in [0.15, 0.2) is 17.5 Å². The molecule has 1 aromatic heterocycles. The Hall–Kier alpha value is -6.45. The van der Waals surface area contributed by atoms with E-state index in [2.05, 4.69) is 167 Å². The molecule has 2 aliphatic rings. The molecule has 0 saturated heterocycles. The van der Waals surface area contributed by atoms with Gasteiger partial charge in [0.05, 0.1) is 0 Å². The van der Waals surface area contributed by atoms with Crippen LogP contribution in [0.1, 0.15) is 40.7 Å². The highest BCUT2D eigenvalue weighted by Gasteiger charge is 2.32. The summed E-state index contributed by atoms with van der Waals surface area (Å²) in [4.78, 5) is 15.9. The molecule has 0 atom stereocenters. The van der Waals surface area contributed by atoms with Gasteiger partial charge in [0.25, 0.3) is 0 Å². The first-order valence-electron chi connectivity index (χ1n) is 18.9. The van der Waals surface area contributed by atoms with Crippen LogP contribution in [-0.2, 0) is 0 Å². The van der Waals surface area contributed by atoms with Crippen LogP contribution < -0.4 is 0 Å². The van der Waals surface area contributed by atoms with Crippen LogP contribution in [0, 0.1) is 27.7 Å². The van der Waals surface area contributed by atoms with Crippen molar-refractivity contribution in [3.8, 4) is 67.5 Å². The molecule has 0 fully saturated rings. The lowest BCUT2D eigenvalue weighted by molar-refractivity contribution is 1.06. The van der Waals surface area contributed by atoms with Crippen LogP contribution in [0.5, 0.6) is 0 Å². The molecule has 0 aliphatic heterocycles. The number of hydrogen-bond donors (Lipinski definition) is 0. The Bertz CT molecular complexity index is 2800. The van der Waals surface area contributed by atoms with Gasteiger partial charge in [-0.1, -0.05) is 133 Å². The maximum atomic E-state index is 5.32. The summed E-state index contributed by atoms with van der Waals surface area (Å²) in [6.07, 6.45) is 8.90. The lowest BCUT2D eigenvalue weighted by Gasteiger charge is -2.22. The monoisotopic (exact) mass is 693 g/mol. The molecule has 2 aliphatic carbocycles. The van der Waals surface area contributed by atoms with E-state index in [0.717, 1.165) is 57.2 Å². The summed E-state index contributed by atoms with van der Waals surface area (Å²) in [5.74, 6) is 2.10. The summed E-state index contributed by atoms with van der Waals surface area (Å²) < 4.78 is 0. The standard InChI is InChI=1S/C51H39N3/c1-30-16-13-17-31(2)42(30)50-52-49(53-51(54-50)43-32(3)18-14-19-33(43)4)39-28-29-41-46-38(39)26-15-27-40(46)47-44(34-20-7-5-8-21-34)36-24-11-12-25-37(36)45(48(41)47)35-22-9-6-10-23-35/h5-7,9-20,22-29H,8,21H2,1-4H3. The average molecular weight is 694 g/mol. The Balaban J connectivity index is 1.30. The van der Waals surface area contributed by atoms with Crippen LogP contribution >= 0.6 is 0 Å². The molecule has 10 rings (SSSR count). The molecule has 8 aromatic rings. The van der Waals surface area contributed by atoms with Crippen molar-refractivity contribution in [3.63, 3.8) is 0 Å². The molecule has 0 amide bonds. The predicted molar refractivity (Wildman–Crippen MR) is 226 cm³/mol. The van der Waals surface area contributed by atoms with E-state index in [1.165, 1.54) is 60.7 Å². The number of rotatable bonds is 5. The van der Waals surface area contributed by atoms with Crippen LogP contribution in [0.25, 0.3) is 94.7 Å². The molecular weight excluding hydrogens is 655 g/mol. The van der Waals surface area contributed by atoms with Gasteiger partial charge in [0.2, 0.25) is 0 Å². The summed E-state index contributed by atoms with van der Waals surface area (Å²) in [6.45, 7) is 8.57. The van der Waals surface area contributed by atoms with Crippen molar-refractivity contribution in [1.82, 2.24) is 15.0 Å². The van der Waals surface area contributed by atoms with Gasteiger partial charge in [-0.2, -0.15) is 0 Å². The third-order valence-corrected chi connectivity index (χ3v) is 11.5. The molecule has 3 heteroatoms. The smallest absolute Gasteiger partial charge is 0.164 e. The minimum absolute atomic E-state index is 0.689. The maximum absolute atomic E-state index is 5.32. The fourth-order valence-electron chi connectivity index (χ4n) is 9.10. The Kier molecular flexibility index (Phi) is 7.52. The van der Waals surface area contributed by atoms with E-state index in [-0.39, 0.29) is 0 Å². The molecule has 258 valence electrons. The van der Waals surface area contributed by atoms with Crippen LogP contribution in [-0.4, -0.2) is 15.0 Å². The number of fused-ring (bicyclic) bond motifs is 4. The Morgan fingerprint density at radius 2 is 0.926 bits per heavy atom. The zero-order valence-corrected chi connectivity index (χ0v) is 31.0. The number of aryl methyl sites for hydroxylation is 4. The van der Waals surface area contributed by atoms with E-state index < -0.39 is 0 Å². The number of nitrogens with zero attached hydrogens (tertiary/aromatic N) is 3. The van der Waals surface area contributed by atoms with Gasteiger partial charge in [-0.3, -0.25) is 0 Å². The van der Waals surface area contributed by atoms with Crippen molar-refractivity contribution >= 4 is 27.1 Å². The van der Waals surface area contributed by atoms with Crippen molar-refractivity contribution in [2.75, 3.05) is 0 Å². The quantitative estimate of drug-likeness (QED) is 0.180. The molecule has 54 heavy (non-hydrogen) atoms. The zero-order chi connectivity index (χ0) is 36.5. The molecule has 0 bridgehead atoms. The minimum Gasteiger partial charge on any atom is -0.208 e. The first-order valence-corrected chi connectivity index (χ1v) is 18.9. The minimum atomic E-state index is 0.689. The Morgan fingerprint density at radius 1 is 0.407 bits per heavy atom. The topological polar surface area (TPSA) is 38.7 Å². The van der Waals surface area contributed by atoms with Gasteiger partial charge < -0.3 is 0 Å². The molecule has 0 spiro atoms. The van der Waals surface area contributed by atoms with Crippen molar-refractivity contribution in [2.24, 2.45) is 0 Å². The number of aromatic nitrogens is 3. The fourth-order valence-corrected chi connectivity index (χ4v) is 9.10. The van der Waals surface area contributed by atoms with Crippen molar-refractivity contribution in [2.45, 2.75) is 40.5 Å². The fraction of sp³-hybridized carbons (Fsp3) is 0.118. The number of benzene rings is 7. The van der Waals surface area contributed by atoms with Gasteiger partial charge in [0, 0.05) is 16.7 Å². The molecule has 7 aromatic carbocycles. The molecule has 0 saturated carbocycles. The van der Waals surface area contributed by atoms with E-state index >= 15 is 0 Å². The molecule has 1 heterocycles. The average Bonchev–Trinajstić information content (AvgIpc) is 3.52. The number of allylic oxidation sites excluding steroid dienone is 4. The summed E-state index contributed by atoms with van der Waals surface area (Å²) in [6, 6.07) is 44.1. The van der Waals surface area contributed by atoms with Gasteiger partial charge in [-0.05, 0) is 135 Å². The van der Waals surface area contributed by atoms with Crippen LogP contribution in [0.3, 0.4) is 0 Å². The van der Waals surface area contributed by atoms with Gasteiger partial charge in [-0.25, -0.2) is 15.0 Å². The highest BCUT2D eigenvalue weighted by atomic mass is 15.0. The second-order valence-corrected chi connectivity index (χ2v) is 14.8. The molecular formula is C51H39N3. The van der Waals surface area contributed by atoms with E-state index in [0.29, 0.717) is 17.5 Å². The van der Waals surface area contributed by atoms with Crippen molar-refractivity contribution in [3.05, 3.63) is 167 Å². The SMILES string of the molecule is Cc1cccc(C)c1-c1nc(-c2c(C)cccc2C)nc(-c2ccc3c4c(cccc24)-c2c-3c(-c3ccccc3)c3ccccc3c2C2=CC=CCC2)n1. The summed E-state index contributed by atoms with van der Waals surface area (Å²) in [5, 5.41) is 5.00. The molecule has 0 unspecified atom stereocenters. The second-order valence-electron chi connectivity index (χ2n) is 14.8.